The summed E-state index contributed by atoms with van der Waals surface area (Å²) in [5.74, 6) is 0.184. The van der Waals surface area contributed by atoms with Gasteiger partial charge in [-0.1, -0.05) is 11.6 Å². The Kier molecular flexibility index (Phi) is 5.58. The smallest absolute Gasteiger partial charge is 0.270 e. The molecule has 24 heavy (non-hydrogen) atoms. The van der Waals surface area contributed by atoms with Gasteiger partial charge in [0.15, 0.2) is 0 Å². The molecule has 2 atom stereocenters. The van der Waals surface area contributed by atoms with Gasteiger partial charge in [-0.15, -0.1) is 12.4 Å². The Bertz CT molecular complexity index is 756. The fourth-order valence-electron chi connectivity index (χ4n) is 3.69. The lowest BCUT2D eigenvalue weighted by Crippen LogP contribution is -2.32. The van der Waals surface area contributed by atoms with Crippen LogP contribution in [0.5, 0.6) is 0 Å². The van der Waals surface area contributed by atoms with Crippen LogP contribution < -0.4 is 5.73 Å². The highest BCUT2D eigenvalue weighted by Gasteiger charge is 2.34. The molecule has 132 valence electrons. The van der Waals surface area contributed by atoms with E-state index in [1.54, 1.807) is 0 Å². The molecule has 1 aliphatic rings. The highest BCUT2D eigenvalue weighted by atomic mass is 35.5. The average Bonchev–Trinajstić information content (AvgIpc) is 3.01. The number of aryl methyl sites for hydroxylation is 3. The van der Waals surface area contributed by atoms with Gasteiger partial charge in [0.1, 0.15) is 5.69 Å². The minimum Gasteiger partial charge on any atom is -0.396 e. The number of halogens is 1. The first-order valence-corrected chi connectivity index (χ1v) is 8.17. The standard InChI is InChI=1S/C18H25N3O2.ClH/c1-10-6-11(2)16-14(7-10)12(3)17(20-16)18(23)21-8-13(4-5-22)15(19)9-21;/h6-7,13,15,20,22H,4-5,8-9,19H2,1-3H3;1H/t13-,15-;/m0./s1. The van der Waals surface area contributed by atoms with E-state index in [1.807, 2.05) is 11.8 Å². The van der Waals surface area contributed by atoms with Crippen molar-refractivity contribution in [2.75, 3.05) is 19.7 Å². The highest BCUT2D eigenvalue weighted by molar-refractivity contribution is 6.01. The maximum Gasteiger partial charge on any atom is 0.270 e. The van der Waals surface area contributed by atoms with Crippen LogP contribution in [0.25, 0.3) is 10.9 Å². The van der Waals surface area contributed by atoms with Crippen molar-refractivity contribution in [3.63, 3.8) is 0 Å². The maximum absolute atomic E-state index is 12.9. The second-order valence-corrected chi connectivity index (χ2v) is 6.78. The second kappa shape index (κ2) is 7.13. The number of fused-ring (bicyclic) bond motifs is 1. The van der Waals surface area contributed by atoms with Gasteiger partial charge in [-0.2, -0.15) is 0 Å². The number of hydrogen-bond donors (Lipinski definition) is 3. The lowest BCUT2D eigenvalue weighted by molar-refractivity contribution is 0.0778. The van der Waals surface area contributed by atoms with E-state index in [2.05, 4.69) is 31.0 Å². The quantitative estimate of drug-likeness (QED) is 0.793. The van der Waals surface area contributed by atoms with Crippen LogP contribution in [0.15, 0.2) is 12.1 Å². The Morgan fingerprint density at radius 3 is 2.71 bits per heavy atom. The van der Waals surface area contributed by atoms with Gasteiger partial charge in [0.05, 0.1) is 0 Å². The number of aliphatic hydroxyl groups is 1. The van der Waals surface area contributed by atoms with Gasteiger partial charge in [-0.25, -0.2) is 0 Å². The Morgan fingerprint density at radius 1 is 1.33 bits per heavy atom. The number of nitrogens with two attached hydrogens (primary N) is 1. The molecular weight excluding hydrogens is 326 g/mol. The maximum atomic E-state index is 12.9. The average molecular weight is 352 g/mol. The first-order valence-electron chi connectivity index (χ1n) is 8.17. The molecule has 1 aromatic heterocycles. The summed E-state index contributed by atoms with van der Waals surface area (Å²) in [6.45, 7) is 7.40. The van der Waals surface area contributed by atoms with Crippen LogP contribution in [0.4, 0.5) is 0 Å². The van der Waals surface area contributed by atoms with Gasteiger partial charge in [0.25, 0.3) is 5.91 Å². The van der Waals surface area contributed by atoms with E-state index >= 15 is 0 Å². The molecule has 0 spiro atoms. The number of H-pyrrole nitrogens is 1. The minimum absolute atomic E-state index is 0. The molecule has 1 fully saturated rings. The number of hydrogen-bond acceptors (Lipinski definition) is 3. The predicted octanol–water partition coefficient (Wildman–Crippen LogP) is 2.30. The largest absolute Gasteiger partial charge is 0.396 e. The molecule has 4 N–H and O–H groups in total. The van der Waals surface area contributed by atoms with Crippen molar-refractivity contribution in [2.45, 2.75) is 33.2 Å². The number of likely N-dealkylation sites (tertiary alicyclic amines) is 1. The Morgan fingerprint density at radius 2 is 2.04 bits per heavy atom. The van der Waals surface area contributed by atoms with Crippen LogP contribution in [0.1, 0.15) is 33.6 Å². The number of benzene rings is 1. The molecular formula is C18H26ClN3O2. The molecule has 1 aliphatic heterocycles. The predicted molar refractivity (Wildman–Crippen MR) is 98.8 cm³/mol. The topological polar surface area (TPSA) is 82.3 Å². The molecule has 3 rings (SSSR count). The van der Waals surface area contributed by atoms with Gasteiger partial charge in [0, 0.05) is 36.6 Å². The highest BCUT2D eigenvalue weighted by Crippen LogP contribution is 2.28. The molecule has 2 aromatic rings. The molecule has 0 saturated carbocycles. The summed E-state index contributed by atoms with van der Waals surface area (Å²) >= 11 is 0. The molecule has 1 amide bonds. The van der Waals surface area contributed by atoms with Crippen LogP contribution in [0.3, 0.4) is 0 Å². The Labute approximate surface area is 148 Å². The fourth-order valence-corrected chi connectivity index (χ4v) is 3.69. The zero-order valence-corrected chi connectivity index (χ0v) is 15.2. The van der Waals surface area contributed by atoms with E-state index in [1.165, 1.54) is 5.56 Å². The van der Waals surface area contributed by atoms with E-state index in [-0.39, 0.29) is 36.9 Å². The van der Waals surface area contributed by atoms with Crippen molar-refractivity contribution in [3.05, 3.63) is 34.5 Å². The van der Waals surface area contributed by atoms with Crippen molar-refractivity contribution in [2.24, 2.45) is 11.7 Å². The van der Waals surface area contributed by atoms with Gasteiger partial charge >= 0.3 is 0 Å². The van der Waals surface area contributed by atoms with Crippen molar-refractivity contribution < 1.29 is 9.90 Å². The third kappa shape index (κ3) is 3.16. The molecule has 1 aromatic carbocycles. The summed E-state index contributed by atoms with van der Waals surface area (Å²) in [4.78, 5) is 18.0. The number of aliphatic hydroxyl groups excluding tert-OH is 1. The third-order valence-corrected chi connectivity index (χ3v) is 5.00. The summed E-state index contributed by atoms with van der Waals surface area (Å²) in [5.41, 5.74) is 11.1. The monoisotopic (exact) mass is 351 g/mol. The number of nitrogens with one attached hydrogen (secondary N) is 1. The van der Waals surface area contributed by atoms with Crippen molar-refractivity contribution in [3.8, 4) is 0 Å². The fraction of sp³-hybridized carbons (Fsp3) is 0.500. The van der Waals surface area contributed by atoms with Gasteiger partial charge in [-0.05, 0) is 50.3 Å². The first kappa shape index (κ1) is 18.8. The normalized spacial score (nSPS) is 20.5. The van der Waals surface area contributed by atoms with Crippen molar-refractivity contribution in [1.29, 1.82) is 0 Å². The van der Waals surface area contributed by atoms with Crippen LogP contribution in [-0.2, 0) is 0 Å². The molecule has 5 nitrogen and oxygen atoms in total. The van der Waals surface area contributed by atoms with Crippen LogP contribution in [0, 0.1) is 26.7 Å². The summed E-state index contributed by atoms with van der Waals surface area (Å²) in [6.07, 6.45) is 0.648. The molecule has 0 unspecified atom stereocenters. The third-order valence-electron chi connectivity index (χ3n) is 5.00. The van der Waals surface area contributed by atoms with E-state index in [0.717, 1.165) is 22.0 Å². The van der Waals surface area contributed by atoms with Crippen LogP contribution >= 0.6 is 12.4 Å². The summed E-state index contributed by atoms with van der Waals surface area (Å²) < 4.78 is 0. The van der Waals surface area contributed by atoms with E-state index in [0.29, 0.717) is 25.2 Å². The Hall–Kier alpha value is -1.56. The summed E-state index contributed by atoms with van der Waals surface area (Å²) in [7, 11) is 0. The van der Waals surface area contributed by atoms with E-state index in [4.69, 9.17) is 10.8 Å². The van der Waals surface area contributed by atoms with Gasteiger partial charge in [-0.3, -0.25) is 4.79 Å². The SMILES string of the molecule is Cc1cc(C)c2[nH]c(C(=O)N3C[C@H](CCO)[C@@H](N)C3)c(C)c2c1.Cl. The lowest BCUT2D eigenvalue weighted by Gasteiger charge is -2.15. The number of rotatable bonds is 3. The molecule has 0 bridgehead atoms. The van der Waals surface area contributed by atoms with E-state index < -0.39 is 0 Å². The summed E-state index contributed by atoms with van der Waals surface area (Å²) in [5, 5.41) is 10.2. The number of amides is 1. The van der Waals surface area contributed by atoms with Gasteiger partial charge in [0.2, 0.25) is 0 Å². The van der Waals surface area contributed by atoms with Crippen LogP contribution in [-0.4, -0.2) is 46.6 Å². The van der Waals surface area contributed by atoms with Crippen molar-refractivity contribution in [1.82, 2.24) is 9.88 Å². The zero-order valence-electron chi connectivity index (χ0n) is 14.4. The first-order chi connectivity index (χ1) is 10.9. The summed E-state index contributed by atoms with van der Waals surface area (Å²) in [6, 6.07) is 4.19. The lowest BCUT2D eigenvalue weighted by atomic mass is 10.0. The molecule has 0 aliphatic carbocycles. The van der Waals surface area contributed by atoms with E-state index in [9.17, 15) is 4.79 Å². The molecule has 1 saturated heterocycles. The van der Waals surface area contributed by atoms with Gasteiger partial charge < -0.3 is 20.7 Å². The van der Waals surface area contributed by atoms with Crippen LogP contribution in [0.2, 0.25) is 0 Å². The number of aromatic nitrogens is 1. The molecule has 0 radical (unpaired) electrons. The second-order valence-electron chi connectivity index (χ2n) is 6.78. The zero-order chi connectivity index (χ0) is 16.7. The number of nitrogens with zero attached hydrogens (tertiary/aromatic N) is 1. The molecule has 6 heteroatoms. The van der Waals surface area contributed by atoms with Crippen molar-refractivity contribution >= 4 is 29.2 Å². The molecule has 2 heterocycles. The number of carbonyl (C=O) groups excluding carboxylic acids is 1. The Balaban J connectivity index is 0.00000208. The number of carbonyl (C=O) groups is 1. The number of aromatic amines is 1. The minimum atomic E-state index is -0.0558.